The summed E-state index contributed by atoms with van der Waals surface area (Å²) in [6.45, 7) is 1.99. The van der Waals surface area contributed by atoms with Gasteiger partial charge in [-0.05, 0) is 67.7 Å². The molecule has 3 rings (SSSR count). The van der Waals surface area contributed by atoms with Crippen LogP contribution in [0.4, 0.5) is 4.39 Å². The molecule has 0 aliphatic carbocycles. The number of hydrogen-bond donors (Lipinski definition) is 1. The Morgan fingerprint density at radius 3 is 2.57 bits per heavy atom. The van der Waals surface area contributed by atoms with Gasteiger partial charge in [0.1, 0.15) is 5.82 Å². The van der Waals surface area contributed by atoms with E-state index in [0.717, 1.165) is 46.3 Å². The molecule has 0 atom stereocenters. The van der Waals surface area contributed by atoms with E-state index in [1.165, 1.54) is 6.07 Å². The van der Waals surface area contributed by atoms with Gasteiger partial charge in [-0.25, -0.2) is 4.39 Å². The van der Waals surface area contributed by atoms with Crippen LogP contribution >= 0.6 is 23.4 Å². The predicted octanol–water partition coefficient (Wildman–Crippen LogP) is 5.10. The molecule has 4 heteroatoms. The quantitative estimate of drug-likeness (QED) is 0.844. The molecule has 1 aliphatic heterocycles. The van der Waals surface area contributed by atoms with Crippen LogP contribution in [0.1, 0.15) is 24.3 Å². The van der Waals surface area contributed by atoms with Gasteiger partial charge in [0, 0.05) is 9.79 Å². The Morgan fingerprint density at radius 2 is 1.81 bits per heavy atom. The van der Waals surface area contributed by atoms with Gasteiger partial charge in [-0.3, -0.25) is 0 Å². The minimum atomic E-state index is -0.160. The molecule has 110 valence electrons. The maximum Gasteiger partial charge on any atom is 0.123 e. The van der Waals surface area contributed by atoms with Crippen molar-refractivity contribution in [3.05, 3.63) is 58.9 Å². The molecule has 1 fully saturated rings. The number of nitrogens with one attached hydrogen (secondary N) is 1. The second-order valence-corrected chi connectivity index (χ2v) is 6.73. The van der Waals surface area contributed by atoms with Crippen molar-refractivity contribution in [3.8, 4) is 0 Å². The van der Waals surface area contributed by atoms with Gasteiger partial charge in [0.2, 0.25) is 0 Å². The second kappa shape index (κ2) is 6.82. The average molecular weight is 322 g/mol. The Kier molecular flexibility index (Phi) is 4.84. The summed E-state index contributed by atoms with van der Waals surface area (Å²) in [5.41, 5.74) is 1.11. The standard InChI is InChI=1S/C17H17ClFNS/c18-15-3-1-2-4-17(15)21-16-6-5-13(19)11-14(16)12-7-9-20-10-8-12/h1-6,11-12,20H,7-10H2. The summed E-state index contributed by atoms with van der Waals surface area (Å²) in [4.78, 5) is 2.12. The fourth-order valence-electron chi connectivity index (χ4n) is 2.71. The number of rotatable bonds is 3. The minimum absolute atomic E-state index is 0.160. The SMILES string of the molecule is Fc1ccc(Sc2ccccc2Cl)c(C2CCNCC2)c1. The van der Waals surface area contributed by atoms with Crippen LogP contribution in [0.2, 0.25) is 5.02 Å². The Hall–Kier alpha value is -1.03. The third-order valence-electron chi connectivity index (χ3n) is 3.81. The summed E-state index contributed by atoms with van der Waals surface area (Å²) in [6.07, 6.45) is 2.11. The minimum Gasteiger partial charge on any atom is -0.317 e. The first-order chi connectivity index (χ1) is 10.2. The lowest BCUT2D eigenvalue weighted by Gasteiger charge is -2.25. The topological polar surface area (TPSA) is 12.0 Å². The summed E-state index contributed by atoms with van der Waals surface area (Å²) in [7, 11) is 0. The number of hydrogen-bond acceptors (Lipinski definition) is 2. The van der Waals surface area contributed by atoms with Crippen LogP contribution in [0.5, 0.6) is 0 Å². The van der Waals surface area contributed by atoms with Crippen molar-refractivity contribution < 1.29 is 4.39 Å². The van der Waals surface area contributed by atoms with E-state index in [2.05, 4.69) is 5.32 Å². The Bertz CT molecular complexity index is 626. The van der Waals surface area contributed by atoms with Crippen LogP contribution in [0.15, 0.2) is 52.3 Å². The maximum absolute atomic E-state index is 13.7. The van der Waals surface area contributed by atoms with Crippen LogP contribution in [-0.2, 0) is 0 Å². The summed E-state index contributed by atoms with van der Waals surface area (Å²) in [5, 5.41) is 4.09. The van der Waals surface area contributed by atoms with Crippen molar-refractivity contribution >= 4 is 23.4 Å². The van der Waals surface area contributed by atoms with E-state index in [0.29, 0.717) is 5.92 Å². The van der Waals surface area contributed by atoms with E-state index in [1.54, 1.807) is 17.8 Å². The normalized spacial score (nSPS) is 16.1. The van der Waals surface area contributed by atoms with Gasteiger partial charge in [-0.2, -0.15) is 0 Å². The highest BCUT2D eigenvalue weighted by molar-refractivity contribution is 7.99. The monoisotopic (exact) mass is 321 g/mol. The summed E-state index contributed by atoms with van der Waals surface area (Å²) < 4.78 is 13.7. The van der Waals surface area contributed by atoms with Crippen LogP contribution in [-0.4, -0.2) is 13.1 Å². The van der Waals surface area contributed by atoms with Crippen LogP contribution in [0.3, 0.4) is 0 Å². The summed E-state index contributed by atoms with van der Waals surface area (Å²) in [5.74, 6) is 0.263. The van der Waals surface area contributed by atoms with Crippen molar-refractivity contribution in [2.24, 2.45) is 0 Å². The van der Waals surface area contributed by atoms with E-state index in [1.807, 2.05) is 30.3 Å². The molecule has 0 saturated carbocycles. The maximum atomic E-state index is 13.7. The molecule has 0 spiro atoms. The zero-order valence-corrected chi connectivity index (χ0v) is 13.2. The fraction of sp³-hybridized carbons (Fsp3) is 0.294. The van der Waals surface area contributed by atoms with Gasteiger partial charge in [-0.1, -0.05) is 35.5 Å². The van der Waals surface area contributed by atoms with E-state index in [9.17, 15) is 4.39 Å². The van der Waals surface area contributed by atoms with Gasteiger partial charge < -0.3 is 5.32 Å². The third-order valence-corrected chi connectivity index (χ3v) is 5.42. The first-order valence-electron chi connectivity index (χ1n) is 7.16. The molecule has 2 aromatic carbocycles. The third kappa shape index (κ3) is 3.60. The molecule has 2 aromatic rings. The molecule has 1 aliphatic rings. The zero-order valence-electron chi connectivity index (χ0n) is 11.6. The fourth-order valence-corrected chi connectivity index (χ4v) is 3.99. The molecule has 0 radical (unpaired) electrons. The van der Waals surface area contributed by atoms with Crippen molar-refractivity contribution in [3.63, 3.8) is 0 Å². The highest BCUT2D eigenvalue weighted by Crippen LogP contribution is 2.39. The van der Waals surface area contributed by atoms with Crippen LogP contribution in [0, 0.1) is 5.82 Å². The largest absolute Gasteiger partial charge is 0.317 e. The molecule has 1 nitrogen and oxygen atoms in total. The van der Waals surface area contributed by atoms with Gasteiger partial charge >= 0.3 is 0 Å². The van der Waals surface area contributed by atoms with E-state index in [4.69, 9.17) is 11.6 Å². The highest BCUT2D eigenvalue weighted by atomic mass is 35.5. The lowest BCUT2D eigenvalue weighted by Crippen LogP contribution is -2.26. The number of benzene rings is 2. The first kappa shape index (κ1) is 14.9. The first-order valence-corrected chi connectivity index (χ1v) is 8.36. The summed E-state index contributed by atoms with van der Waals surface area (Å²) >= 11 is 7.86. The molecular weight excluding hydrogens is 305 g/mol. The van der Waals surface area contributed by atoms with Gasteiger partial charge in [0.15, 0.2) is 0 Å². The van der Waals surface area contributed by atoms with Crippen LogP contribution < -0.4 is 5.32 Å². The van der Waals surface area contributed by atoms with Gasteiger partial charge in [0.25, 0.3) is 0 Å². The molecule has 0 aromatic heterocycles. The Labute approximate surface area is 133 Å². The van der Waals surface area contributed by atoms with Crippen molar-refractivity contribution in [1.29, 1.82) is 0 Å². The smallest absolute Gasteiger partial charge is 0.123 e. The Balaban J connectivity index is 1.92. The Morgan fingerprint density at radius 1 is 1.05 bits per heavy atom. The second-order valence-electron chi connectivity index (χ2n) is 5.24. The van der Waals surface area contributed by atoms with E-state index in [-0.39, 0.29) is 5.82 Å². The van der Waals surface area contributed by atoms with Crippen LogP contribution in [0.25, 0.3) is 0 Å². The molecule has 1 heterocycles. The molecule has 1 saturated heterocycles. The van der Waals surface area contributed by atoms with Gasteiger partial charge in [-0.15, -0.1) is 0 Å². The highest BCUT2D eigenvalue weighted by Gasteiger charge is 2.19. The molecule has 21 heavy (non-hydrogen) atoms. The lowest BCUT2D eigenvalue weighted by molar-refractivity contribution is 0.454. The average Bonchev–Trinajstić information content (AvgIpc) is 2.52. The van der Waals surface area contributed by atoms with Gasteiger partial charge in [0.05, 0.1) is 5.02 Å². The van der Waals surface area contributed by atoms with Crippen molar-refractivity contribution in [2.75, 3.05) is 13.1 Å². The molecule has 0 unspecified atom stereocenters. The summed E-state index contributed by atoms with van der Waals surface area (Å²) in [6, 6.07) is 12.9. The van der Waals surface area contributed by atoms with Crippen molar-refractivity contribution in [2.45, 2.75) is 28.6 Å². The lowest BCUT2D eigenvalue weighted by atomic mass is 9.90. The number of halogens is 2. The zero-order chi connectivity index (χ0) is 14.7. The van der Waals surface area contributed by atoms with E-state index < -0.39 is 0 Å². The molecular formula is C17H17ClFNS. The molecule has 1 N–H and O–H groups in total. The van der Waals surface area contributed by atoms with Crippen molar-refractivity contribution in [1.82, 2.24) is 5.32 Å². The predicted molar refractivity (Wildman–Crippen MR) is 86.8 cm³/mol. The molecule has 0 bridgehead atoms. The number of piperidine rings is 1. The molecule has 0 amide bonds. The van der Waals surface area contributed by atoms with E-state index >= 15 is 0 Å².